The second-order valence-corrected chi connectivity index (χ2v) is 4.16. The van der Waals surface area contributed by atoms with Crippen LogP contribution >= 0.6 is 0 Å². The van der Waals surface area contributed by atoms with E-state index in [1.54, 1.807) is 18.9 Å². The van der Waals surface area contributed by atoms with Crippen molar-refractivity contribution < 1.29 is 14.6 Å². The van der Waals surface area contributed by atoms with Crippen LogP contribution in [0.3, 0.4) is 0 Å². The van der Waals surface area contributed by atoms with Gasteiger partial charge in [0, 0.05) is 7.11 Å². The molecule has 0 aliphatic carbocycles. The van der Waals surface area contributed by atoms with E-state index in [2.05, 4.69) is 10.3 Å². The van der Waals surface area contributed by atoms with Gasteiger partial charge in [0.15, 0.2) is 0 Å². The number of hydrogen-bond donors (Lipinski definition) is 1. The van der Waals surface area contributed by atoms with Crippen LogP contribution < -0.4 is 4.74 Å². The van der Waals surface area contributed by atoms with E-state index in [0.717, 1.165) is 11.3 Å². The highest BCUT2D eigenvalue weighted by molar-refractivity contribution is 5.49. The van der Waals surface area contributed by atoms with Crippen molar-refractivity contribution in [3.05, 3.63) is 35.2 Å². The molecule has 0 bridgehead atoms. The number of nitrogens with zero attached hydrogens (tertiary/aromatic N) is 3. The normalized spacial score (nSPS) is 10.7. The fraction of sp³-hybridized carbons (Fsp3) is 0.385. The Kier molecular flexibility index (Phi) is 4.13. The van der Waals surface area contributed by atoms with Gasteiger partial charge in [-0.05, 0) is 24.6 Å². The molecule has 0 amide bonds. The number of benzene rings is 1. The van der Waals surface area contributed by atoms with Crippen molar-refractivity contribution >= 4 is 0 Å². The summed E-state index contributed by atoms with van der Waals surface area (Å²) in [5, 5.41) is 17.3. The minimum absolute atomic E-state index is 0.174. The highest BCUT2D eigenvalue weighted by Gasteiger charge is 2.16. The van der Waals surface area contributed by atoms with Crippen LogP contribution in [0.15, 0.2) is 18.2 Å². The third kappa shape index (κ3) is 2.59. The molecule has 1 aromatic heterocycles. The third-order valence-electron chi connectivity index (χ3n) is 2.84. The van der Waals surface area contributed by atoms with Gasteiger partial charge in [0.1, 0.15) is 17.1 Å². The molecule has 0 aliphatic heterocycles. The van der Waals surface area contributed by atoms with Gasteiger partial charge in [-0.3, -0.25) is 0 Å². The van der Waals surface area contributed by atoms with Crippen LogP contribution in [-0.4, -0.2) is 34.3 Å². The Morgan fingerprint density at radius 2 is 2.11 bits per heavy atom. The number of aryl methyl sites for hydroxylation is 1. The zero-order chi connectivity index (χ0) is 13.8. The van der Waals surface area contributed by atoms with Gasteiger partial charge in [0.25, 0.3) is 0 Å². The van der Waals surface area contributed by atoms with E-state index in [1.807, 2.05) is 25.1 Å². The lowest BCUT2D eigenvalue weighted by atomic mass is 10.2. The van der Waals surface area contributed by atoms with Gasteiger partial charge >= 0.3 is 0 Å². The first-order valence-corrected chi connectivity index (χ1v) is 5.89. The third-order valence-corrected chi connectivity index (χ3v) is 2.84. The molecule has 19 heavy (non-hydrogen) atoms. The van der Waals surface area contributed by atoms with Gasteiger partial charge in [-0.25, -0.2) is 4.68 Å². The van der Waals surface area contributed by atoms with Crippen molar-refractivity contribution in [1.29, 1.82) is 0 Å². The number of aliphatic hydroxyl groups excluding tert-OH is 1. The largest absolute Gasteiger partial charge is 0.494 e. The summed E-state index contributed by atoms with van der Waals surface area (Å²) in [4.78, 5) is 0. The Morgan fingerprint density at radius 3 is 2.74 bits per heavy atom. The van der Waals surface area contributed by atoms with E-state index in [9.17, 15) is 5.11 Å². The molecule has 0 saturated heterocycles. The van der Waals surface area contributed by atoms with Crippen molar-refractivity contribution in [3.63, 3.8) is 0 Å². The molecule has 0 aliphatic rings. The van der Waals surface area contributed by atoms with E-state index < -0.39 is 0 Å². The summed E-state index contributed by atoms with van der Waals surface area (Å²) >= 11 is 0. The van der Waals surface area contributed by atoms with Gasteiger partial charge in [0.2, 0.25) is 0 Å². The quantitative estimate of drug-likeness (QED) is 0.878. The van der Waals surface area contributed by atoms with Gasteiger partial charge in [-0.15, -0.1) is 5.10 Å². The first-order valence-electron chi connectivity index (χ1n) is 5.89. The molecule has 6 nitrogen and oxygen atoms in total. The first-order chi connectivity index (χ1) is 9.21. The molecule has 6 heteroatoms. The lowest BCUT2D eigenvalue weighted by Gasteiger charge is -2.11. The molecule has 102 valence electrons. The predicted molar refractivity (Wildman–Crippen MR) is 69.3 cm³/mol. The number of aromatic nitrogens is 3. The maximum absolute atomic E-state index is 9.28. The van der Waals surface area contributed by atoms with Crippen molar-refractivity contribution in [3.8, 4) is 11.4 Å². The molecular weight excluding hydrogens is 246 g/mol. The summed E-state index contributed by atoms with van der Waals surface area (Å²) in [7, 11) is 3.19. The highest BCUT2D eigenvalue weighted by atomic mass is 16.5. The summed E-state index contributed by atoms with van der Waals surface area (Å²) in [6.45, 7) is 2.13. The lowest BCUT2D eigenvalue weighted by molar-refractivity contribution is 0.175. The molecule has 0 spiro atoms. The van der Waals surface area contributed by atoms with Gasteiger partial charge < -0.3 is 14.6 Å². The summed E-state index contributed by atoms with van der Waals surface area (Å²) in [5.74, 6) is 0.692. The second-order valence-electron chi connectivity index (χ2n) is 4.16. The Labute approximate surface area is 111 Å². The number of hydrogen-bond acceptors (Lipinski definition) is 5. The lowest BCUT2D eigenvalue weighted by Crippen LogP contribution is -2.07. The molecule has 2 rings (SSSR count). The average molecular weight is 263 g/mol. The fourth-order valence-electron chi connectivity index (χ4n) is 1.90. The predicted octanol–water partition coefficient (Wildman–Crippen LogP) is 1.22. The summed E-state index contributed by atoms with van der Waals surface area (Å²) in [5.41, 5.74) is 3.08. The van der Waals surface area contributed by atoms with Crippen LogP contribution in [0.5, 0.6) is 5.75 Å². The molecule has 0 atom stereocenters. The van der Waals surface area contributed by atoms with E-state index in [0.29, 0.717) is 23.7 Å². The minimum atomic E-state index is -0.174. The van der Waals surface area contributed by atoms with E-state index in [1.165, 1.54) is 0 Å². The van der Waals surface area contributed by atoms with Crippen molar-refractivity contribution in [2.45, 2.75) is 20.1 Å². The van der Waals surface area contributed by atoms with Crippen LogP contribution in [0.2, 0.25) is 0 Å². The molecule has 0 fully saturated rings. The summed E-state index contributed by atoms with van der Waals surface area (Å²) < 4.78 is 12.1. The van der Waals surface area contributed by atoms with Crippen molar-refractivity contribution in [2.24, 2.45) is 0 Å². The van der Waals surface area contributed by atoms with Crippen molar-refractivity contribution in [1.82, 2.24) is 15.0 Å². The molecule has 1 heterocycles. The zero-order valence-electron chi connectivity index (χ0n) is 11.3. The van der Waals surface area contributed by atoms with E-state index >= 15 is 0 Å². The van der Waals surface area contributed by atoms with Crippen LogP contribution in [0, 0.1) is 6.92 Å². The van der Waals surface area contributed by atoms with Gasteiger partial charge in [-0.2, -0.15) is 0 Å². The molecule has 1 aromatic carbocycles. The SMILES string of the molecule is COCc1c(CO)nnn1-c1cc(C)ccc1OC. The Hall–Kier alpha value is -1.92. The number of ether oxygens (including phenoxy) is 2. The second kappa shape index (κ2) is 5.81. The molecule has 0 unspecified atom stereocenters. The van der Waals surface area contributed by atoms with Gasteiger partial charge in [0.05, 0.1) is 26.0 Å². The molecular formula is C13H17N3O3. The maximum atomic E-state index is 9.28. The van der Waals surface area contributed by atoms with Crippen LogP contribution in [0.4, 0.5) is 0 Å². The number of aliphatic hydroxyl groups is 1. The van der Waals surface area contributed by atoms with E-state index in [4.69, 9.17) is 9.47 Å². The Balaban J connectivity index is 2.57. The molecule has 0 radical (unpaired) electrons. The summed E-state index contributed by atoms with van der Waals surface area (Å²) in [6, 6.07) is 5.79. The zero-order valence-corrected chi connectivity index (χ0v) is 11.3. The van der Waals surface area contributed by atoms with Gasteiger partial charge in [-0.1, -0.05) is 11.3 Å². The van der Waals surface area contributed by atoms with Crippen LogP contribution in [0.1, 0.15) is 17.0 Å². The monoisotopic (exact) mass is 263 g/mol. The highest BCUT2D eigenvalue weighted by Crippen LogP contribution is 2.25. The van der Waals surface area contributed by atoms with Crippen LogP contribution in [-0.2, 0) is 18.0 Å². The number of rotatable bonds is 5. The molecule has 2 aromatic rings. The van der Waals surface area contributed by atoms with Crippen LogP contribution in [0.25, 0.3) is 5.69 Å². The Bertz CT molecular complexity index is 566. The maximum Gasteiger partial charge on any atom is 0.144 e. The first kappa shape index (κ1) is 13.5. The summed E-state index contributed by atoms with van der Waals surface area (Å²) in [6.07, 6.45) is 0. The molecule has 1 N–H and O–H groups in total. The van der Waals surface area contributed by atoms with E-state index in [-0.39, 0.29) is 6.61 Å². The smallest absolute Gasteiger partial charge is 0.144 e. The van der Waals surface area contributed by atoms with Crippen molar-refractivity contribution in [2.75, 3.05) is 14.2 Å². The average Bonchev–Trinajstić information content (AvgIpc) is 2.82. The molecule has 0 saturated carbocycles. The minimum Gasteiger partial charge on any atom is -0.494 e. The Morgan fingerprint density at radius 1 is 1.32 bits per heavy atom. The topological polar surface area (TPSA) is 69.4 Å². The number of methoxy groups -OCH3 is 2. The fourth-order valence-corrected chi connectivity index (χ4v) is 1.90. The standard InChI is InChI=1S/C13H17N3O3/c1-9-4-5-13(19-3)11(6-9)16-12(8-18-2)10(7-17)14-15-16/h4-6,17H,7-8H2,1-3H3.